The second kappa shape index (κ2) is 10.1. The second-order valence-electron chi connectivity index (χ2n) is 7.75. The Morgan fingerprint density at radius 3 is 2.50 bits per heavy atom. The maximum atomic E-state index is 13.0. The maximum Gasteiger partial charge on any atom is 0.257 e. The summed E-state index contributed by atoms with van der Waals surface area (Å²) in [5, 5.41) is 10.6. The number of guanidine groups is 1. The molecule has 0 bridgehead atoms. The third-order valence-corrected chi connectivity index (χ3v) is 5.50. The molecule has 0 radical (unpaired) electrons. The van der Waals surface area contributed by atoms with Gasteiger partial charge in [-0.2, -0.15) is 5.10 Å². The van der Waals surface area contributed by atoms with Crippen molar-refractivity contribution in [3.05, 3.63) is 76.1 Å². The Morgan fingerprint density at radius 1 is 1.09 bits per heavy atom. The van der Waals surface area contributed by atoms with Gasteiger partial charge in [-0.15, -0.1) is 0 Å². The fourth-order valence-corrected chi connectivity index (χ4v) is 3.36. The van der Waals surface area contributed by atoms with Gasteiger partial charge in [0.05, 0.1) is 24.5 Å². The van der Waals surface area contributed by atoms with Crippen molar-refractivity contribution in [2.75, 3.05) is 11.9 Å². The zero-order valence-corrected chi connectivity index (χ0v) is 19.6. The van der Waals surface area contributed by atoms with Gasteiger partial charge in [0.2, 0.25) is 5.96 Å². The number of benzene rings is 2. The minimum Gasteiger partial charge on any atom is -0.492 e. The molecule has 0 unspecified atom stereocenters. The van der Waals surface area contributed by atoms with E-state index < -0.39 is 0 Å². The lowest BCUT2D eigenvalue weighted by Crippen LogP contribution is -2.36. The van der Waals surface area contributed by atoms with Gasteiger partial charge in [-0.05, 0) is 70.0 Å². The van der Waals surface area contributed by atoms with E-state index in [1.165, 1.54) is 0 Å². The van der Waals surface area contributed by atoms with E-state index in [2.05, 4.69) is 15.7 Å². The quantitative estimate of drug-likeness (QED) is 0.445. The minimum absolute atomic E-state index is 0.229. The fraction of sp³-hybridized carbons (Fsp3) is 0.320. The van der Waals surface area contributed by atoms with Crippen molar-refractivity contribution in [3.63, 3.8) is 0 Å². The standard InChI is InChI=1S/C25H31N5O2/c1-7-32-23-11-9-8-10-22(23)27-25(26-15-21-18(4)29-30(6)19(21)5)28-24(31)20-13-12-16(2)17(3)14-20/h8-14H,7,15H2,1-6H3,(H2,26,27,28,31). The molecule has 2 N–H and O–H groups in total. The van der Waals surface area contributed by atoms with Crippen LogP contribution in [0.25, 0.3) is 0 Å². The van der Waals surface area contributed by atoms with Crippen molar-refractivity contribution >= 4 is 17.6 Å². The Labute approximate surface area is 189 Å². The van der Waals surface area contributed by atoms with Gasteiger partial charge >= 0.3 is 0 Å². The number of nitrogens with one attached hydrogen (secondary N) is 2. The first-order valence-corrected chi connectivity index (χ1v) is 10.7. The van der Waals surface area contributed by atoms with Gasteiger partial charge in [0.15, 0.2) is 0 Å². The summed E-state index contributed by atoms with van der Waals surface area (Å²) in [4.78, 5) is 17.7. The summed E-state index contributed by atoms with van der Waals surface area (Å²) in [6.07, 6.45) is 0. The molecule has 7 heteroatoms. The van der Waals surface area contributed by atoms with Crippen molar-refractivity contribution in [3.8, 4) is 5.75 Å². The molecular weight excluding hydrogens is 402 g/mol. The maximum absolute atomic E-state index is 13.0. The third-order valence-electron chi connectivity index (χ3n) is 5.50. The Morgan fingerprint density at radius 2 is 1.84 bits per heavy atom. The molecule has 0 saturated heterocycles. The molecule has 3 aromatic rings. The van der Waals surface area contributed by atoms with Gasteiger partial charge in [-0.25, -0.2) is 4.99 Å². The van der Waals surface area contributed by atoms with E-state index in [0.29, 0.717) is 30.4 Å². The number of hydrogen-bond acceptors (Lipinski definition) is 4. The second-order valence-corrected chi connectivity index (χ2v) is 7.75. The molecule has 2 aromatic carbocycles. The highest BCUT2D eigenvalue weighted by atomic mass is 16.5. The lowest BCUT2D eigenvalue weighted by molar-refractivity contribution is 0.0976. The van der Waals surface area contributed by atoms with Crippen LogP contribution < -0.4 is 15.4 Å². The van der Waals surface area contributed by atoms with Crippen LogP contribution in [0.4, 0.5) is 5.69 Å². The Hall–Kier alpha value is -3.61. The third kappa shape index (κ3) is 5.35. The molecule has 0 aliphatic heterocycles. The van der Waals surface area contributed by atoms with Gasteiger partial charge in [0.1, 0.15) is 5.75 Å². The number of para-hydroxylation sites is 2. The van der Waals surface area contributed by atoms with Crippen LogP contribution in [0.5, 0.6) is 5.75 Å². The Balaban J connectivity index is 1.91. The summed E-state index contributed by atoms with van der Waals surface area (Å²) in [7, 11) is 1.91. The lowest BCUT2D eigenvalue weighted by atomic mass is 10.1. The zero-order valence-electron chi connectivity index (χ0n) is 19.6. The number of aryl methyl sites for hydroxylation is 4. The highest BCUT2D eigenvalue weighted by Gasteiger charge is 2.14. The average molecular weight is 434 g/mol. The van der Waals surface area contributed by atoms with Gasteiger partial charge in [0.25, 0.3) is 5.91 Å². The summed E-state index contributed by atoms with van der Waals surface area (Å²) in [6.45, 7) is 10.8. The molecule has 7 nitrogen and oxygen atoms in total. The fourth-order valence-electron chi connectivity index (χ4n) is 3.36. The normalized spacial score (nSPS) is 11.4. The van der Waals surface area contributed by atoms with Crippen molar-refractivity contribution in [1.82, 2.24) is 15.1 Å². The molecule has 0 saturated carbocycles. The first kappa shape index (κ1) is 23.1. The van der Waals surface area contributed by atoms with E-state index in [1.807, 2.05) is 88.8 Å². The number of amides is 1. The topological polar surface area (TPSA) is 80.5 Å². The summed E-state index contributed by atoms with van der Waals surface area (Å²) in [5.74, 6) is 0.813. The van der Waals surface area contributed by atoms with E-state index >= 15 is 0 Å². The number of aliphatic imine (C=N–C) groups is 1. The molecule has 0 fully saturated rings. The van der Waals surface area contributed by atoms with Crippen LogP contribution in [0.15, 0.2) is 47.5 Å². The van der Waals surface area contributed by atoms with Crippen molar-refractivity contribution in [2.45, 2.75) is 41.2 Å². The highest BCUT2D eigenvalue weighted by Crippen LogP contribution is 2.24. The molecule has 32 heavy (non-hydrogen) atoms. The lowest BCUT2D eigenvalue weighted by Gasteiger charge is -2.15. The number of hydrogen-bond donors (Lipinski definition) is 2. The zero-order chi connectivity index (χ0) is 23.3. The molecular formula is C25H31N5O2. The van der Waals surface area contributed by atoms with Crippen LogP contribution in [0.2, 0.25) is 0 Å². The monoisotopic (exact) mass is 433 g/mol. The van der Waals surface area contributed by atoms with E-state index in [4.69, 9.17) is 9.73 Å². The molecule has 0 aliphatic carbocycles. The van der Waals surface area contributed by atoms with E-state index in [1.54, 1.807) is 0 Å². The summed E-state index contributed by atoms with van der Waals surface area (Å²) < 4.78 is 7.56. The minimum atomic E-state index is -0.229. The predicted octanol–water partition coefficient (Wildman–Crippen LogP) is 4.45. The van der Waals surface area contributed by atoms with E-state index in [0.717, 1.165) is 33.8 Å². The summed E-state index contributed by atoms with van der Waals surface area (Å²) >= 11 is 0. The number of nitrogens with zero attached hydrogens (tertiary/aromatic N) is 3. The molecule has 0 atom stereocenters. The predicted molar refractivity (Wildman–Crippen MR) is 128 cm³/mol. The SMILES string of the molecule is CCOc1ccccc1NC(=NCc1c(C)nn(C)c1C)NC(=O)c1ccc(C)c(C)c1. The van der Waals surface area contributed by atoms with Crippen LogP contribution in [-0.2, 0) is 13.6 Å². The van der Waals surface area contributed by atoms with Crippen LogP contribution >= 0.6 is 0 Å². The Kier molecular flexibility index (Phi) is 7.30. The first-order chi connectivity index (χ1) is 15.3. The molecule has 1 aromatic heterocycles. The van der Waals surface area contributed by atoms with E-state index in [9.17, 15) is 4.79 Å². The Bertz CT molecular complexity index is 1150. The van der Waals surface area contributed by atoms with Gasteiger partial charge in [0, 0.05) is 23.9 Å². The summed E-state index contributed by atoms with van der Waals surface area (Å²) in [6, 6.07) is 13.2. The molecule has 3 rings (SSSR count). The molecule has 1 amide bonds. The van der Waals surface area contributed by atoms with Gasteiger partial charge in [-0.1, -0.05) is 18.2 Å². The largest absolute Gasteiger partial charge is 0.492 e. The smallest absolute Gasteiger partial charge is 0.257 e. The molecule has 1 heterocycles. The highest BCUT2D eigenvalue weighted by molar-refractivity contribution is 6.10. The number of aromatic nitrogens is 2. The number of anilines is 1. The van der Waals surface area contributed by atoms with Gasteiger partial charge < -0.3 is 10.1 Å². The number of ether oxygens (including phenoxy) is 1. The van der Waals surface area contributed by atoms with Crippen LogP contribution in [0, 0.1) is 27.7 Å². The molecule has 0 aliphatic rings. The molecule has 168 valence electrons. The van der Waals surface area contributed by atoms with Crippen molar-refractivity contribution < 1.29 is 9.53 Å². The van der Waals surface area contributed by atoms with Gasteiger partial charge in [-0.3, -0.25) is 14.8 Å². The first-order valence-electron chi connectivity index (χ1n) is 10.7. The van der Waals surface area contributed by atoms with Crippen LogP contribution in [0.3, 0.4) is 0 Å². The van der Waals surface area contributed by atoms with Crippen molar-refractivity contribution in [1.29, 1.82) is 0 Å². The average Bonchev–Trinajstić information content (AvgIpc) is 3.00. The number of rotatable bonds is 6. The van der Waals surface area contributed by atoms with Crippen molar-refractivity contribution in [2.24, 2.45) is 12.0 Å². The van der Waals surface area contributed by atoms with Crippen LogP contribution in [-0.4, -0.2) is 28.3 Å². The molecule has 0 spiro atoms. The van der Waals surface area contributed by atoms with Crippen LogP contribution in [0.1, 0.15) is 45.4 Å². The number of carbonyl (C=O) groups is 1. The van der Waals surface area contributed by atoms with E-state index in [-0.39, 0.29) is 5.91 Å². The number of carbonyl (C=O) groups excluding carboxylic acids is 1. The summed E-state index contributed by atoms with van der Waals surface area (Å²) in [5.41, 5.74) is 6.51.